The number of amides is 1. The molecule has 26 heavy (non-hydrogen) atoms. The number of methoxy groups -OCH3 is 1. The minimum atomic E-state index is -0.255. The monoisotopic (exact) mass is 431 g/mol. The normalized spacial score (nSPS) is 10.3. The Hall–Kier alpha value is -2.50. The largest absolute Gasteiger partial charge is 0.496 e. The van der Waals surface area contributed by atoms with Gasteiger partial charge in [0.15, 0.2) is 0 Å². The van der Waals surface area contributed by atoms with E-state index in [-0.39, 0.29) is 5.91 Å². The Morgan fingerprint density at radius 1 is 0.962 bits per heavy atom. The lowest BCUT2D eigenvalue weighted by Crippen LogP contribution is -2.13. The Balaban J connectivity index is 1.70. The molecule has 0 aliphatic rings. The summed E-state index contributed by atoms with van der Waals surface area (Å²) in [5.74, 6) is 1.60. The molecule has 0 aliphatic heterocycles. The Kier molecular flexibility index (Phi) is 5.81. The van der Waals surface area contributed by atoms with Gasteiger partial charge in [-0.3, -0.25) is 4.79 Å². The fourth-order valence-corrected chi connectivity index (χ4v) is 2.79. The molecule has 132 valence electrons. The molecule has 0 heterocycles. The Labute approximate surface area is 164 Å². The Morgan fingerprint density at radius 2 is 1.58 bits per heavy atom. The zero-order chi connectivity index (χ0) is 18.5. The van der Waals surface area contributed by atoms with Crippen LogP contribution in [0.1, 0.15) is 10.4 Å². The van der Waals surface area contributed by atoms with Crippen molar-refractivity contribution < 1.29 is 14.3 Å². The Morgan fingerprint density at radius 3 is 2.19 bits per heavy atom. The van der Waals surface area contributed by atoms with E-state index in [1.54, 1.807) is 60.7 Å². The molecule has 0 bridgehead atoms. The van der Waals surface area contributed by atoms with E-state index in [0.29, 0.717) is 33.5 Å². The third-order valence-electron chi connectivity index (χ3n) is 3.57. The lowest BCUT2D eigenvalue weighted by molar-refractivity contribution is 0.102. The van der Waals surface area contributed by atoms with E-state index in [1.807, 2.05) is 6.07 Å². The quantitative estimate of drug-likeness (QED) is 0.525. The van der Waals surface area contributed by atoms with Gasteiger partial charge in [-0.25, -0.2) is 0 Å². The topological polar surface area (TPSA) is 47.6 Å². The van der Waals surface area contributed by atoms with Crippen LogP contribution in [-0.2, 0) is 0 Å². The van der Waals surface area contributed by atoms with E-state index in [1.165, 1.54) is 7.11 Å². The van der Waals surface area contributed by atoms with Gasteiger partial charge in [0.1, 0.15) is 17.2 Å². The molecule has 0 aliphatic carbocycles. The van der Waals surface area contributed by atoms with Gasteiger partial charge in [-0.05, 0) is 66.7 Å². The molecular formula is C20H15BrClNO3. The molecule has 0 spiro atoms. The number of hydrogen-bond acceptors (Lipinski definition) is 3. The van der Waals surface area contributed by atoms with Crippen LogP contribution in [-0.4, -0.2) is 13.0 Å². The second-order valence-electron chi connectivity index (χ2n) is 5.38. The summed E-state index contributed by atoms with van der Waals surface area (Å²) in [7, 11) is 1.53. The molecule has 3 rings (SSSR count). The third-order valence-corrected chi connectivity index (χ3v) is 4.31. The number of anilines is 1. The third kappa shape index (κ3) is 4.56. The first-order valence-electron chi connectivity index (χ1n) is 7.73. The zero-order valence-electron chi connectivity index (χ0n) is 13.8. The van der Waals surface area contributed by atoms with E-state index in [9.17, 15) is 4.79 Å². The van der Waals surface area contributed by atoms with Gasteiger partial charge in [-0.15, -0.1) is 0 Å². The van der Waals surface area contributed by atoms with Gasteiger partial charge in [0.2, 0.25) is 0 Å². The predicted octanol–water partition coefficient (Wildman–Crippen LogP) is 6.16. The lowest BCUT2D eigenvalue weighted by Gasteiger charge is -2.11. The summed E-state index contributed by atoms with van der Waals surface area (Å²) in [6, 6.07) is 19.5. The zero-order valence-corrected chi connectivity index (χ0v) is 16.2. The second-order valence-corrected chi connectivity index (χ2v) is 6.73. The van der Waals surface area contributed by atoms with Crippen molar-refractivity contribution in [2.75, 3.05) is 12.4 Å². The first-order valence-corrected chi connectivity index (χ1v) is 8.90. The summed E-state index contributed by atoms with van der Waals surface area (Å²) in [5, 5.41) is 3.50. The van der Waals surface area contributed by atoms with E-state index in [4.69, 9.17) is 21.1 Å². The van der Waals surface area contributed by atoms with Crippen molar-refractivity contribution in [1.82, 2.24) is 0 Å². The van der Waals surface area contributed by atoms with Gasteiger partial charge in [0.05, 0.1) is 12.7 Å². The maximum atomic E-state index is 12.5. The molecule has 0 saturated carbocycles. The van der Waals surface area contributed by atoms with E-state index < -0.39 is 0 Å². The molecule has 1 amide bonds. The predicted molar refractivity (Wildman–Crippen MR) is 107 cm³/mol. The van der Waals surface area contributed by atoms with Gasteiger partial charge < -0.3 is 14.8 Å². The summed E-state index contributed by atoms with van der Waals surface area (Å²) in [5.41, 5.74) is 1.10. The summed E-state index contributed by atoms with van der Waals surface area (Å²) in [4.78, 5) is 12.5. The SMILES string of the molecule is COc1ccc(Br)cc1C(=O)Nc1ccc(Oc2ccc(Cl)cc2)cc1. The minimum Gasteiger partial charge on any atom is -0.496 e. The first-order chi connectivity index (χ1) is 12.5. The number of nitrogens with one attached hydrogen (secondary N) is 1. The van der Waals surface area contributed by atoms with Crippen LogP contribution in [0.4, 0.5) is 5.69 Å². The maximum absolute atomic E-state index is 12.5. The van der Waals surface area contributed by atoms with Gasteiger partial charge in [0, 0.05) is 15.2 Å². The van der Waals surface area contributed by atoms with Crippen molar-refractivity contribution >= 4 is 39.1 Å². The average Bonchev–Trinajstić information content (AvgIpc) is 2.65. The molecule has 0 aromatic heterocycles. The van der Waals surface area contributed by atoms with Crippen molar-refractivity contribution in [3.8, 4) is 17.2 Å². The average molecular weight is 433 g/mol. The first kappa shape index (κ1) is 18.3. The van der Waals surface area contributed by atoms with Gasteiger partial charge >= 0.3 is 0 Å². The van der Waals surface area contributed by atoms with Crippen LogP contribution in [0.25, 0.3) is 0 Å². The number of hydrogen-bond donors (Lipinski definition) is 1. The lowest BCUT2D eigenvalue weighted by atomic mass is 10.2. The molecule has 1 N–H and O–H groups in total. The van der Waals surface area contributed by atoms with Crippen LogP contribution in [0.15, 0.2) is 71.2 Å². The number of ether oxygens (including phenoxy) is 2. The smallest absolute Gasteiger partial charge is 0.259 e. The maximum Gasteiger partial charge on any atom is 0.259 e. The van der Waals surface area contributed by atoms with Crippen molar-refractivity contribution in [1.29, 1.82) is 0 Å². The number of rotatable bonds is 5. The summed E-state index contributed by atoms with van der Waals surface area (Å²) >= 11 is 9.22. The number of benzene rings is 3. The number of carbonyl (C=O) groups is 1. The van der Waals surface area contributed by atoms with Crippen LogP contribution in [0, 0.1) is 0 Å². The molecule has 3 aromatic rings. The van der Waals surface area contributed by atoms with E-state index in [0.717, 1.165) is 4.47 Å². The number of halogens is 2. The van der Waals surface area contributed by atoms with Crippen LogP contribution < -0.4 is 14.8 Å². The standard InChI is InChI=1S/C20H15BrClNO3/c1-25-19-11-2-13(21)12-18(19)20(24)23-15-5-9-17(10-6-15)26-16-7-3-14(22)4-8-16/h2-12H,1H3,(H,23,24). The molecule has 0 unspecified atom stereocenters. The highest BCUT2D eigenvalue weighted by molar-refractivity contribution is 9.10. The van der Waals surface area contributed by atoms with Crippen LogP contribution >= 0.6 is 27.5 Å². The van der Waals surface area contributed by atoms with Gasteiger partial charge in [-0.1, -0.05) is 27.5 Å². The summed E-state index contributed by atoms with van der Waals surface area (Å²) < 4.78 is 11.8. The molecule has 6 heteroatoms. The van der Waals surface area contributed by atoms with E-state index in [2.05, 4.69) is 21.2 Å². The van der Waals surface area contributed by atoms with Crippen LogP contribution in [0.5, 0.6) is 17.2 Å². The summed E-state index contributed by atoms with van der Waals surface area (Å²) in [6.45, 7) is 0. The highest BCUT2D eigenvalue weighted by atomic mass is 79.9. The van der Waals surface area contributed by atoms with Crippen molar-refractivity contribution in [3.05, 3.63) is 81.8 Å². The highest BCUT2D eigenvalue weighted by Crippen LogP contribution is 2.26. The minimum absolute atomic E-state index is 0.255. The fourth-order valence-electron chi connectivity index (χ4n) is 2.30. The molecule has 3 aromatic carbocycles. The number of carbonyl (C=O) groups excluding carboxylic acids is 1. The van der Waals surface area contributed by atoms with Crippen molar-refractivity contribution in [2.24, 2.45) is 0 Å². The van der Waals surface area contributed by atoms with Gasteiger partial charge in [0.25, 0.3) is 5.91 Å². The van der Waals surface area contributed by atoms with Crippen molar-refractivity contribution in [3.63, 3.8) is 0 Å². The fraction of sp³-hybridized carbons (Fsp3) is 0.0500. The van der Waals surface area contributed by atoms with Crippen LogP contribution in [0.3, 0.4) is 0 Å². The Bertz CT molecular complexity index is 911. The molecule has 0 atom stereocenters. The van der Waals surface area contributed by atoms with Gasteiger partial charge in [-0.2, -0.15) is 0 Å². The second kappa shape index (κ2) is 8.25. The summed E-state index contributed by atoms with van der Waals surface area (Å²) in [6.07, 6.45) is 0. The highest BCUT2D eigenvalue weighted by Gasteiger charge is 2.13. The van der Waals surface area contributed by atoms with E-state index >= 15 is 0 Å². The molecule has 0 saturated heterocycles. The van der Waals surface area contributed by atoms with Crippen LogP contribution in [0.2, 0.25) is 5.02 Å². The molecule has 0 fully saturated rings. The molecular weight excluding hydrogens is 418 g/mol. The molecule has 0 radical (unpaired) electrons. The van der Waals surface area contributed by atoms with Crippen molar-refractivity contribution in [2.45, 2.75) is 0 Å². The molecule has 4 nitrogen and oxygen atoms in total.